The minimum Gasteiger partial charge on any atom is -0.490 e. The summed E-state index contributed by atoms with van der Waals surface area (Å²) in [4.78, 5) is 0. The Morgan fingerprint density at radius 3 is 2.14 bits per heavy atom. The van der Waals surface area contributed by atoms with E-state index < -0.39 is 11.6 Å². The first-order valence-corrected chi connectivity index (χ1v) is 15.8. The van der Waals surface area contributed by atoms with Crippen LogP contribution in [0.25, 0.3) is 27.8 Å². The average molecular weight is 573 g/mol. The van der Waals surface area contributed by atoms with E-state index in [1.807, 2.05) is 24.3 Å². The molecule has 0 heterocycles. The summed E-state index contributed by atoms with van der Waals surface area (Å²) in [6, 6.07) is 15.6. The largest absolute Gasteiger partial charge is 0.490 e. The average Bonchev–Trinajstić information content (AvgIpc) is 3.02. The Morgan fingerprint density at radius 1 is 0.762 bits per heavy atom. The molecule has 0 aliphatic heterocycles. The van der Waals surface area contributed by atoms with Gasteiger partial charge in [-0.2, -0.15) is 4.39 Å². The van der Waals surface area contributed by atoms with Crippen molar-refractivity contribution in [2.45, 2.75) is 78.1 Å². The van der Waals surface area contributed by atoms with Crippen molar-refractivity contribution in [1.82, 2.24) is 0 Å². The summed E-state index contributed by atoms with van der Waals surface area (Å²) >= 11 is 0. The molecule has 42 heavy (non-hydrogen) atoms. The summed E-state index contributed by atoms with van der Waals surface area (Å²) in [7, 11) is 0. The third-order valence-corrected chi connectivity index (χ3v) is 9.30. The van der Waals surface area contributed by atoms with Crippen LogP contribution in [0.1, 0.15) is 83.6 Å². The number of benzene rings is 3. The molecule has 1 atom stereocenters. The molecular formula is C38H43F3O. The lowest BCUT2D eigenvalue weighted by Gasteiger charge is -2.35. The molecular weight excluding hydrogens is 529 g/mol. The molecule has 1 fully saturated rings. The summed E-state index contributed by atoms with van der Waals surface area (Å²) < 4.78 is 50.3. The standard InChI is InChI=1S/C38H43F3O/c1-3-5-6-24-42-36-23-22-34(37(40)38(36)41)31-18-14-29(15-19-31)32-20-21-33(35(39)25-32)30-16-12-28(13-17-30)27-10-8-26(7-4-2)9-11-27/h4,7,14-16,18-23,25-28H,3,5-6,8-13,17,24H2,1-2H3. The van der Waals surface area contributed by atoms with Crippen LogP contribution in [0.3, 0.4) is 0 Å². The summed E-state index contributed by atoms with van der Waals surface area (Å²) in [6.07, 6.45) is 18.0. The van der Waals surface area contributed by atoms with Crippen molar-refractivity contribution in [3.05, 3.63) is 95.8 Å². The zero-order valence-corrected chi connectivity index (χ0v) is 25.0. The normalized spacial score (nSPS) is 21.0. The van der Waals surface area contributed by atoms with E-state index in [1.165, 1.54) is 31.7 Å². The van der Waals surface area contributed by atoms with Crippen molar-refractivity contribution < 1.29 is 17.9 Å². The molecule has 1 saturated carbocycles. The molecule has 0 amide bonds. The van der Waals surface area contributed by atoms with Gasteiger partial charge in [0.25, 0.3) is 0 Å². The van der Waals surface area contributed by atoms with Crippen LogP contribution in [-0.2, 0) is 0 Å². The van der Waals surface area contributed by atoms with Gasteiger partial charge in [-0.25, -0.2) is 8.78 Å². The van der Waals surface area contributed by atoms with Gasteiger partial charge in [0, 0.05) is 11.1 Å². The molecule has 1 nitrogen and oxygen atoms in total. The van der Waals surface area contributed by atoms with Crippen LogP contribution in [0.2, 0.25) is 0 Å². The Balaban J connectivity index is 1.23. The van der Waals surface area contributed by atoms with Crippen LogP contribution < -0.4 is 4.74 Å². The van der Waals surface area contributed by atoms with E-state index in [0.717, 1.165) is 67.1 Å². The van der Waals surface area contributed by atoms with Crippen molar-refractivity contribution in [3.63, 3.8) is 0 Å². The minimum atomic E-state index is -0.967. The molecule has 2 aliphatic rings. The van der Waals surface area contributed by atoms with Crippen LogP contribution in [-0.4, -0.2) is 6.61 Å². The Hall–Kier alpha value is -3.27. The fourth-order valence-corrected chi connectivity index (χ4v) is 6.81. The summed E-state index contributed by atoms with van der Waals surface area (Å²) in [6.45, 7) is 4.55. The van der Waals surface area contributed by atoms with Gasteiger partial charge < -0.3 is 4.74 Å². The third-order valence-electron chi connectivity index (χ3n) is 9.30. The number of hydrogen-bond acceptors (Lipinski definition) is 1. The van der Waals surface area contributed by atoms with E-state index >= 15 is 4.39 Å². The second-order valence-electron chi connectivity index (χ2n) is 12.0. The van der Waals surface area contributed by atoms with Crippen LogP contribution in [0.4, 0.5) is 13.2 Å². The molecule has 5 rings (SSSR count). The highest BCUT2D eigenvalue weighted by Crippen LogP contribution is 2.42. The molecule has 0 bridgehead atoms. The molecule has 3 aromatic rings. The SMILES string of the molecule is CC=CC1CCC(C2CC=C(c3ccc(-c4ccc(-c5ccc(OCCCCC)c(F)c5F)cc4)cc3F)CC2)CC1. The lowest BCUT2D eigenvalue weighted by Crippen LogP contribution is -2.22. The predicted octanol–water partition coefficient (Wildman–Crippen LogP) is 11.6. The number of allylic oxidation sites excluding steroid dienone is 4. The minimum absolute atomic E-state index is 0.0599. The summed E-state index contributed by atoms with van der Waals surface area (Å²) in [5.74, 6) is 0.105. The van der Waals surface area contributed by atoms with Gasteiger partial charge in [-0.15, -0.1) is 0 Å². The van der Waals surface area contributed by atoms with Gasteiger partial charge in [0.05, 0.1) is 6.61 Å². The van der Waals surface area contributed by atoms with Crippen molar-refractivity contribution in [2.75, 3.05) is 6.61 Å². The molecule has 0 N–H and O–H groups in total. The fraction of sp³-hybridized carbons (Fsp3) is 0.421. The molecule has 1 unspecified atom stereocenters. The molecule has 4 heteroatoms. The van der Waals surface area contributed by atoms with Crippen LogP contribution in [0.15, 0.2) is 72.8 Å². The number of ether oxygens (including phenoxy) is 1. The maximum Gasteiger partial charge on any atom is 0.201 e. The van der Waals surface area contributed by atoms with Crippen molar-refractivity contribution in [1.29, 1.82) is 0 Å². The third kappa shape index (κ3) is 7.02. The number of halogens is 3. The second-order valence-corrected chi connectivity index (χ2v) is 12.0. The molecule has 0 saturated heterocycles. The lowest BCUT2D eigenvalue weighted by molar-refractivity contribution is 0.212. The van der Waals surface area contributed by atoms with Crippen LogP contribution >= 0.6 is 0 Å². The molecule has 3 aromatic carbocycles. The number of unbranched alkanes of at least 4 members (excludes halogenated alkanes) is 2. The van der Waals surface area contributed by atoms with Crippen molar-refractivity contribution in [2.24, 2.45) is 17.8 Å². The highest BCUT2D eigenvalue weighted by Gasteiger charge is 2.28. The van der Waals surface area contributed by atoms with Gasteiger partial charge in [0.2, 0.25) is 5.82 Å². The zero-order valence-electron chi connectivity index (χ0n) is 25.0. The van der Waals surface area contributed by atoms with Gasteiger partial charge >= 0.3 is 0 Å². The first-order chi connectivity index (χ1) is 20.5. The number of rotatable bonds is 10. The topological polar surface area (TPSA) is 9.23 Å². The van der Waals surface area contributed by atoms with E-state index in [-0.39, 0.29) is 17.1 Å². The fourth-order valence-electron chi connectivity index (χ4n) is 6.81. The van der Waals surface area contributed by atoms with E-state index in [4.69, 9.17) is 4.74 Å². The zero-order chi connectivity index (χ0) is 29.5. The van der Waals surface area contributed by atoms with Gasteiger partial charge in [0.15, 0.2) is 11.6 Å². The lowest BCUT2D eigenvalue weighted by atomic mass is 9.71. The van der Waals surface area contributed by atoms with E-state index in [2.05, 4.69) is 32.1 Å². The van der Waals surface area contributed by atoms with Gasteiger partial charge in [0.1, 0.15) is 5.82 Å². The van der Waals surface area contributed by atoms with E-state index in [9.17, 15) is 8.78 Å². The molecule has 222 valence electrons. The highest BCUT2D eigenvalue weighted by molar-refractivity contribution is 5.74. The van der Waals surface area contributed by atoms with Crippen LogP contribution in [0.5, 0.6) is 5.75 Å². The van der Waals surface area contributed by atoms with Crippen LogP contribution in [0, 0.1) is 35.2 Å². The summed E-state index contributed by atoms with van der Waals surface area (Å²) in [5.41, 5.74) is 4.13. The summed E-state index contributed by atoms with van der Waals surface area (Å²) in [5, 5.41) is 0. The number of hydrogen-bond donors (Lipinski definition) is 0. The Morgan fingerprint density at radius 2 is 1.48 bits per heavy atom. The molecule has 0 aromatic heterocycles. The van der Waals surface area contributed by atoms with E-state index in [1.54, 1.807) is 24.3 Å². The second kappa shape index (κ2) is 14.3. The molecule has 0 radical (unpaired) electrons. The van der Waals surface area contributed by atoms with Gasteiger partial charge in [-0.05, 0) is 117 Å². The van der Waals surface area contributed by atoms with Gasteiger partial charge in [-0.3, -0.25) is 0 Å². The highest BCUT2D eigenvalue weighted by atomic mass is 19.2. The maximum atomic E-state index is 15.3. The Labute approximate surface area is 249 Å². The Kier molecular flexibility index (Phi) is 10.3. The Bertz CT molecular complexity index is 1400. The quantitative estimate of drug-likeness (QED) is 0.173. The first kappa shape index (κ1) is 30.2. The van der Waals surface area contributed by atoms with E-state index in [0.29, 0.717) is 23.7 Å². The molecule has 0 spiro atoms. The van der Waals surface area contributed by atoms with Gasteiger partial charge in [-0.1, -0.05) is 74.4 Å². The smallest absolute Gasteiger partial charge is 0.201 e. The predicted molar refractivity (Wildman–Crippen MR) is 168 cm³/mol. The van der Waals surface area contributed by atoms with Crippen molar-refractivity contribution in [3.8, 4) is 28.0 Å². The monoisotopic (exact) mass is 572 g/mol. The van der Waals surface area contributed by atoms with Crippen molar-refractivity contribution >= 4 is 5.57 Å². The maximum absolute atomic E-state index is 15.3. The first-order valence-electron chi connectivity index (χ1n) is 15.8. The molecule has 2 aliphatic carbocycles.